The molecule has 4 N–H and O–H groups in total. The molecular weight excluding hydrogens is 462 g/mol. The van der Waals surface area contributed by atoms with E-state index >= 15 is 0 Å². The lowest BCUT2D eigenvalue weighted by Crippen LogP contribution is -2.66. The lowest BCUT2D eigenvalue weighted by molar-refractivity contribution is -0.189. The number of nitrogens with zero attached hydrogens (tertiary/aromatic N) is 1. The first-order chi connectivity index (χ1) is 17.0. The molecule has 0 radical (unpaired) electrons. The number of allylic oxidation sites excluding steroid dienone is 2. The van der Waals surface area contributed by atoms with E-state index in [1.807, 2.05) is 6.08 Å². The van der Waals surface area contributed by atoms with Crippen LogP contribution in [0, 0.1) is 44.8 Å². The zero-order chi connectivity index (χ0) is 27.0. The minimum absolute atomic E-state index is 0.0548. The Morgan fingerprint density at radius 1 is 1.05 bits per heavy atom. The Kier molecular flexibility index (Phi) is 4.83. The van der Waals surface area contributed by atoms with Crippen molar-refractivity contribution in [3.63, 3.8) is 0 Å². The van der Waals surface area contributed by atoms with Crippen molar-refractivity contribution in [2.45, 2.75) is 105 Å². The number of carboxylic acid groups (broad SMARTS) is 1. The first-order valence-electron chi connectivity index (χ1n) is 14.4. The molecule has 6 rings (SSSR count). The van der Waals surface area contributed by atoms with Gasteiger partial charge in [-0.15, -0.1) is 0 Å². The van der Waals surface area contributed by atoms with Crippen LogP contribution in [-0.4, -0.2) is 27.1 Å². The number of aliphatic carboxylic acids is 1. The van der Waals surface area contributed by atoms with Gasteiger partial charge in [0.05, 0.1) is 11.1 Å². The molecule has 5 aliphatic carbocycles. The summed E-state index contributed by atoms with van der Waals surface area (Å²) >= 11 is 0. The topological polar surface area (TPSA) is 109 Å². The quantitative estimate of drug-likeness (QED) is 0.427. The largest absolute Gasteiger partial charge is 0.481 e. The number of ketones is 1. The van der Waals surface area contributed by atoms with Crippen molar-refractivity contribution < 1.29 is 14.7 Å². The van der Waals surface area contributed by atoms with Crippen LogP contribution in [0.15, 0.2) is 11.6 Å². The van der Waals surface area contributed by atoms with E-state index in [0.717, 1.165) is 49.8 Å². The minimum Gasteiger partial charge on any atom is -0.481 e. The van der Waals surface area contributed by atoms with Crippen molar-refractivity contribution in [3.05, 3.63) is 22.9 Å². The van der Waals surface area contributed by atoms with Gasteiger partial charge in [-0.2, -0.15) is 5.10 Å². The third kappa shape index (κ3) is 2.85. The normalized spacial score (nSPS) is 45.4. The highest BCUT2D eigenvalue weighted by Gasteiger charge is 2.71. The van der Waals surface area contributed by atoms with Crippen LogP contribution in [0.25, 0.3) is 0 Å². The van der Waals surface area contributed by atoms with E-state index < -0.39 is 11.4 Å². The van der Waals surface area contributed by atoms with Gasteiger partial charge in [-0.3, -0.25) is 14.7 Å². The molecule has 0 spiro atoms. The Morgan fingerprint density at radius 2 is 1.73 bits per heavy atom. The standard InChI is InChI=1S/C31H45N3O3/c1-26(2)10-12-31(25(36)37)13-11-30(7)22(18(31)16-26)19(35)14-21-28(5)15-17-23(33-34-24(17)32)27(3,4)20(28)8-9-29(21,30)6/h14,18,20,22H,8-13,15-16H2,1-7H3,(H,36,37)(H3,32,33,34)/t18-,20-,22?,28-,29+,30+,31-/m0/s1. The van der Waals surface area contributed by atoms with Gasteiger partial charge in [0.25, 0.3) is 0 Å². The van der Waals surface area contributed by atoms with Crippen LogP contribution in [0.2, 0.25) is 0 Å². The summed E-state index contributed by atoms with van der Waals surface area (Å²) in [5.74, 6) is 0.146. The van der Waals surface area contributed by atoms with Gasteiger partial charge in [-0.25, -0.2) is 0 Å². The maximum absolute atomic E-state index is 14.4. The van der Waals surface area contributed by atoms with Crippen molar-refractivity contribution in [2.75, 3.05) is 5.73 Å². The van der Waals surface area contributed by atoms with Crippen molar-refractivity contribution in [1.82, 2.24) is 10.2 Å². The molecule has 1 unspecified atom stereocenters. The number of fused-ring (bicyclic) bond motifs is 8. The second-order valence-corrected chi connectivity index (χ2v) is 15.5. The summed E-state index contributed by atoms with van der Waals surface area (Å²) in [7, 11) is 0. The summed E-state index contributed by atoms with van der Waals surface area (Å²) < 4.78 is 0. The average Bonchev–Trinajstić information content (AvgIpc) is 3.15. The van der Waals surface area contributed by atoms with Gasteiger partial charge in [0.2, 0.25) is 0 Å². The van der Waals surface area contributed by atoms with Gasteiger partial charge in [0, 0.05) is 16.9 Å². The Hall–Kier alpha value is -2.11. The average molecular weight is 508 g/mol. The number of aromatic nitrogens is 2. The van der Waals surface area contributed by atoms with Gasteiger partial charge in [-0.05, 0) is 90.9 Å². The first-order valence-corrected chi connectivity index (χ1v) is 14.4. The fourth-order valence-electron chi connectivity index (χ4n) is 10.8. The SMILES string of the molecule is CC1(C)CC[C@]2(C(=O)O)CC[C@]3(C)C(C(=O)C=C4[C@@]5(C)Cc6c(n[nH]c6N)C(C)(C)[C@@H]5CC[C@]43C)[C@@H]2C1. The van der Waals surface area contributed by atoms with Crippen LogP contribution in [0.1, 0.15) is 105 Å². The third-order valence-corrected chi connectivity index (χ3v) is 13.0. The second-order valence-electron chi connectivity index (χ2n) is 15.5. The van der Waals surface area contributed by atoms with Crippen LogP contribution in [-0.2, 0) is 21.4 Å². The highest BCUT2D eigenvalue weighted by atomic mass is 16.4. The highest BCUT2D eigenvalue weighted by molar-refractivity contribution is 5.96. The highest BCUT2D eigenvalue weighted by Crippen LogP contribution is 2.74. The van der Waals surface area contributed by atoms with E-state index in [-0.39, 0.29) is 44.7 Å². The molecule has 0 aliphatic heterocycles. The van der Waals surface area contributed by atoms with Gasteiger partial charge >= 0.3 is 5.97 Å². The number of nitrogen functional groups attached to an aromatic ring is 1. The summed E-state index contributed by atoms with van der Waals surface area (Å²) in [6.07, 6.45) is 8.78. The third-order valence-electron chi connectivity index (χ3n) is 13.0. The lowest BCUT2D eigenvalue weighted by Gasteiger charge is -2.69. The van der Waals surface area contributed by atoms with E-state index in [1.54, 1.807) is 0 Å². The summed E-state index contributed by atoms with van der Waals surface area (Å²) in [4.78, 5) is 27.2. The van der Waals surface area contributed by atoms with Gasteiger partial charge < -0.3 is 10.8 Å². The molecule has 1 aromatic rings. The second kappa shape index (κ2) is 7.09. The molecule has 3 saturated carbocycles. The van der Waals surface area contributed by atoms with Crippen molar-refractivity contribution in [1.29, 1.82) is 0 Å². The molecule has 0 bridgehead atoms. The number of carboxylic acids is 1. The van der Waals surface area contributed by atoms with Crippen LogP contribution in [0.5, 0.6) is 0 Å². The molecule has 37 heavy (non-hydrogen) atoms. The molecule has 0 amide bonds. The number of carbonyl (C=O) groups is 2. The van der Waals surface area contributed by atoms with Crippen molar-refractivity contribution in [2.24, 2.45) is 44.8 Å². The zero-order valence-electron chi connectivity index (χ0n) is 23.8. The number of nitrogens with two attached hydrogens (primary N) is 1. The van der Waals surface area contributed by atoms with Crippen LogP contribution >= 0.6 is 0 Å². The van der Waals surface area contributed by atoms with Crippen molar-refractivity contribution >= 4 is 17.6 Å². The van der Waals surface area contributed by atoms with Gasteiger partial charge in [0.1, 0.15) is 5.82 Å². The maximum atomic E-state index is 14.4. The molecule has 6 heteroatoms. The van der Waals surface area contributed by atoms with E-state index in [9.17, 15) is 14.7 Å². The summed E-state index contributed by atoms with van der Waals surface area (Å²) in [6, 6.07) is 0. The number of carbonyl (C=O) groups excluding carboxylic acids is 1. The van der Waals surface area contributed by atoms with Gasteiger partial charge in [-0.1, -0.05) is 54.0 Å². The Labute approximate surface area is 221 Å². The van der Waals surface area contributed by atoms with E-state index in [0.29, 0.717) is 24.6 Å². The molecule has 1 aromatic heterocycles. The van der Waals surface area contributed by atoms with E-state index in [4.69, 9.17) is 5.73 Å². The molecule has 0 aromatic carbocycles. The summed E-state index contributed by atoms with van der Waals surface area (Å²) in [5, 5.41) is 18.2. The van der Waals surface area contributed by atoms with Crippen molar-refractivity contribution in [3.8, 4) is 0 Å². The fraction of sp³-hybridized carbons (Fsp3) is 0.774. The Morgan fingerprint density at radius 3 is 2.41 bits per heavy atom. The van der Waals surface area contributed by atoms with E-state index in [2.05, 4.69) is 58.7 Å². The molecule has 3 fully saturated rings. The lowest BCUT2D eigenvalue weighted by atomic mass is 9.34. The monoisotopic (exact) mass is 507 g/mol. The first kappa shape index (κ1) is 25.2. The number of H-pyrrole nitrogens is 1. The summed E-state index contributed by atoms with van der Waals surface area (Å²) in [6.45, 7) is 16.2. The number of nitrogens with one attached hydrogen (secondary N) is 1. The molecule has 1 heterocycles. The van der Waals surface area contributed by atoms with Crippen LogP contribution < -0.4 is 5.73 Å². The van der Waals surface area contributed by atoms with Crippen LogP contribution in [0.4, 0.5) is 5.82 Å². The number of hydrogen-bond acceptors (Lipinski definition) is 4. The maximum Gasteiger partial charge on any atom is 0.309 e. The predicted molar refractivity (Wildman–Crippen MR) is 144 cm³/mol. The molecular formula is C31H45N3O3. The van der Waals surface area contributed by atoms with Crippen LogP contribution in [0.3, 0.4) is 0 Å². The molecule has 7 atom stereocenters. The number of anilines is 1. The molecule has 5 aliphatic rings. The number of hydrogen-bond donors (Lipinski definition) is 3. The zero-order valence-corrected chi connectivity index (χ0v) is 23.8. The number of rotatable bonds is 1. The smallest absolute Gasteiger partial charge is 0.309 e. The minimum atomic E-state index is -0.773. The summed E-state index contributed by atoms with van der Waals surface area (Å²) in [5.41, 5.74) is 8.40. The Bertz CT molecular complexity index is 1240. The molecule has 0 saturated heterocycles. The van der Waals surface area contributed by atoms with Gasteiger partial charge in [0.15, 0.2) is 5.78 Å². The van der Waals surface area contributed by atoms with E-state index in [1.165, 1.54) is 5.57 Å². The molecule has 6 nitrogen and oxygen atoms in total. The number of aromatic amines is 1. The fourth-order valence-corrected chi connectivity index (χ4v) is 10.8. The predicted octanol–water partition coefficient (Wildman–Crippen LogP) is 6.07. The Balaban J connectivity index is 1.52. The molecule has 202 valence electrons.